The first kappa shape index (κ1) is 30.9. The lowest BCUT2D eigenvalue weighted by Crippen LogP contribution is -2.37. The van der Waals surface area contributed by atoms with Crippen LogP contribution in [0.2, 0.25) is 0 Å². The maximum atomic E-state index is 15.4. The normalized spacial score (nSPS) is 13.5. The van der Waals surface area contributed by atoms with Crippen LogP contribution < -0.4 is 19.8 Å². The molecular formula is C35H33FN4O6. The van der Waals surface area contributed by atoms with Gasteiger partial charge in [-0.3, -0.25) is 24.0 Å². The number of methoxy groups -OCH3 is 1. The van der Waals surface area contributed by atoms with Crippen LogP contribution in [-0.2, 0) is 11.8 Å². The SMILES string of the molecule is COc1cc2c(Oc3ccc(-c4cnc(C(=O)c5ccccc5)n(C)c4=O)cc3F)ccnc2cc1OCCCN1CCOCC1. The first-order chi connectivity index (χ1) is 22.4. The first-order valence-corrected chi connectivity index (χ1v) is 15.0. The Morgan fingerprint density at radius 2 is 1.76 bits per heavy atom. The molecule has 0 bridgehead atoms. The molecule has 236 valence electrons. The second kappa shape index (κ2) is 13.9. The van der Waals surface area contributed by atoms with Crippen LogP contribution in [0.25, 0.3) is 22.0 Å². The number of benzene rings is 3. The van der Waals surface area contributed by atoms with E-state index in [1.165, 1.54) is 29.9 Å². The molecule has 3 heterocycles. The molecule has 1 saturated heterocycles. The van der Waals surface area contributed by atoms with Gasteiger partial charge in [-0.1, -0.05) is 36.4 Å². The molecular weight excluding hydrogens is 591 g/mol. The van der Waals surface area contributed by atoms with Crippen molar-refractivity contribution in [3.05, 3.63) is 107 Å². The van der Waals surface area contributed by atoms with E-state index in [-0.39, 0.29) is 22.9 Å². The Labute approximate surface area is 264 Å². The van der Waals surface area contributed by atoms with E-state index in [0.29, 0.717) is 45.9 Å². The standard InChI is InChI=1S/C35H33FN4O6/c1-39-34(33(41)23-7-4-3-5-8-23)38-22-26(35(39)42)24-9-10-30(27(36)19-24)46-29-11-12-37-28-21-32(31(43-2)20-25(28)29)45-16-6-13-40-14-17-44-18-15-40/h3-5,7-12,19-22H,6,13-18H2,1-2H3. The third-order valence-corrected chi connectivity index (χ3v) is 7.84. The molecule has 0 aliphatic carbocycles. The minimum atomic E-state index is -0.679. The smallest absolute Gasteiger partial charge is 0.261 e. The summed E-state index contributed by atoms with van der Waals surface area (Å²) in [6.07, 6.45) is 3.72. The molecule has 0 saturated carbocycles. The summed E-state index contributed by atoms with van der Waals surface area (Å²) in [5.74, 6) is 0.316. The van der Waals surface area contributed by atoms with Gasteiger partial charge >= 0.3 is 0 Å². The Morgan fingerprint density at radius 1 is 0.957 bits per heavy atom. The van der Waals surface area contributed by atoms with E-state index < -0.39 is 11.4 Å². The van der Waals surface area contributed by atoms with Gasteiger partial charge in [0.05, 0.1) is 38.0 Å². The second-order valence-corrected chi connectivity index (χ2v) is 10.8. The van der Waals surface area contributed by atoms with E-state index in [1.54, 1.807) is 67.9 Å². The highest BCUT2D eigenvalue weighted by Gasteiger charge is 2.19. The van der Waals surface area contributed by atoms with E-state index >= 15 is 4.39 Å². The molecule has 0 radical (unpaired) electrons. The number of fused-ring (bicyclic) bond motifs is 1. The number of rotatable bonds is 11. The number of hydrogen-bond donors (Lipinski definition) is 0. The van der Waals surface area contributed by atoms with Gasteiger partial charge in [0, 0.05) is 56.1 Å². The molecule has 0 atom stereocenters. The summed E-state index contributed by atoms with van der Waals surface area (Å²) in [6.45, 7) is 4.80. The second-order valence-electron chi connectivity index (χ2n) is 10.8. The van der Waals surface area contributed by atoms with Crippen molar-refractivity contribution >= 4 is 16.7 Å². The van der Waals surface area contributed by atoms with Crippen LogP contribution >= 0.6 is 0 Å². The van der Waals surface area contributed by atoms with Crippen molar-refractivity contribution in [3.63, 3.8) is 0 Å². The largest absolute Gasteiger partial charge is 0.493 e. The van der Waals surface area contributed by atoms with Gasteiger partial charge in [-0.2, -0.15) is 0 Å². The minimum absolute atomic E-state index is 0.0121. The highest BCUT2D eigenvalue weighted by molar-refractivity contribution is 6.06. The van der Waals surface area contributed by atoms with E-state index in [2.05, 4.69) is 14.9 Å². The monoisotopic (exact) mass is 624 g/mol. The molecule has 1 aliphatic heterocycles. The van der Waals surface area contributed by atoms with Crippen molar-refractivity contribution in [3.8, 4) is 34.1 Å². The Balaban J connectivity index is 1.19. The first-order valence-electron chi connectivity index (χ1n) is 15.0. The lowest BCUT2D eigenvalue weighted by atomic mass is 10.1. The van der Waals surface area contributed by atoms with Crippen molar-refractivity contribution in [1.82, 2.24) is 19.4 Å². The van der Waals surface area contributed by atoms with Gasteiger partial charge < -0.3 is 18.9 Å². The summed E-state index contributed by atoms with van der Waals surface area (Å²) in [4.78, 5) is 37.1. The molecule has 0 spiro atoms. The van der Waals surface area contributed by atoms with Gasteiger partial charge in [-0.15, -0.1) is 0 Å². The number of halogens is 1. The minimum Gasteiger partial charge on any atom is -0.493 e. The Hall–Kier alpha value is -5.13. The predicted molar refractivity (Wildman–Crippen MR) is 170 cm³/mol. The third kappa shape index (κ3) is 6.60. The highest BCUT2D eigenvalue weighted by atomic mass is 19.1. The van der Waals surface area contributed by atoms with Crippen molar-refractivity contribution < 1.29 is 28.1 Å². The van der Waals surface area contributed by atoms with E-state index in [0.717, 1.165) is 39.3 Å². The third-order valence-electron chi connectivity index (χ3n) is 7.84. The molecule has 1 aliphatic rings. The number of ether oxygens (including phenoxy) is 4. The highest BCUT2D eigenvalue weighted by Crippen LogP contribution is 2.38. The predicted octanol–water partition coefficient (Wildman–Crippen LogP) is 5.27. The van der Waals surface area contributed by atoms with Gasteiger partial charge in [-0.25, -0.2) is 9.37 Å². The maximum Gasteiger partial charge on any atom is 0.261 e. The topological polar surface area (TPSA) is 105 Å². The molecule has 3 aromatic carbocycles. The van der Waals surface area contributed by atoms with Crippen molar-refractivity contribution in [2.24, 2.45) is 7.05 Å². The van der Waals surface area contributed by atoms with Crippen molar-refractivity contribution in [1.29, 1.82) is 0 Å². The molecule has 2 aromatic heterocycles. The number of nitrogens with zero attached hydrogens (tertiary/aromatic N) is 4. The summed E-state index contributed by atoms with van der Waals surface area (Å²) < 4.78 is 39.6. The molecule has 46 heavy (non-hydrogen) atoms. The van der Waals surface area contributed by atoms with Crippen LogP contribution in [0.15, 0.2) is 83.9 Å². The van der Waals surface area contributed by atoms with Gasteiger partial charge in [0.15, 0.2) is 28.9 Å². The lowest BCUT2D eigenvalue weighted by Gasteiger charge is -2.26. The summed E-state index contributed by atoms with van der Waals surface area (Å²) in [5.41, 5.74) is 0.976. The van der Waals surface area contributed by atoms with E-state index in [1.807, 2.05) is 0 Å². The van der Waals surface area contributed by atoms with Gasteiger partial charge in [0.2, 0.25) is 5.78 Å². The molecule has 5 aromatic rings. The Morgan fingerprint density at radius 3 is 2.52 bits per heavy atom. The van der Waals surface area contributed by atoms with Crippen molar-refractivity contribution in [2.45, 2.75) is 6.42 Å². The Kier molecular flexibility index (Phi) is 9.32. The molecule has 6 rings (SSSR count). The average Bonchev–Trinajstić information content (AvgIpc) is 3.09. The van der Waals surface area contributed by atoms with Crippen LogP contribution in [0.5, 0.6) is 23.0 Å². The zero-order valence-electron chi connectivity index (χ0n) is 25.6. The number of ketones is 1. The summed E-state index contributed by atoms with van der Waals surface area (Å²) in [7, 11) is 3.02. The molecule has 0 amide bonds. The lowest BCUT2D eigenvalue weighted by molar-refractivity contribution is 0.0357. The number of morpholine rings is 1. The van der Waals surface area contributed by atoms with Crippen LogP contribution in [0, 0.1) is 5.82 Å². The number of carbonyl (C=O) groups excluding carboxylic acids is 1. The zero-order valence-corrected chi connectivity index (χ0v) is 25.6. The average molecular weight is 625 g/mol. The van der Waals surface area contributed by atoms with Crippen LogP contribution in [0.1, 0.15) is 22.6 Å². The van der Waals surface area contributed by atoms with Crippen LogP contribution in [-0.4, -0.2) is 71.8 Å². The zero-order chi connectivity index (χ0) is 32.0. The van der Waals surface area contributed by atoms with Gasteiger partial charge in [0.1, 0.15) is 5.75 Å². The molecule has 0 N–H and O–H groups in total. The van der Waals surface area contributed by atoms with E-state index in [9.17, 15) is 9.59 Å². The van der Waals surface area contributed by atoms with Crippen molar-refractivity contribution in [2.75, 3.05) is 46.6 Å². The number of carbonyl (C=O) groups is 1. The van der Waals surface area contributed by atoms with Gasteiger partial charge in [-0.05, 0) is 36.2 Å². The fourth-order valence-electron chi connectivity index (χ4n) is 5.33. The van der Waals surface area contributed by atoms with Crippen LogP contribution in [0.3, 0.4) is 0 Å². The van der Waals surface area contributed by atoms with Gasteiger partial charge in [0.25, 0.3) is 5.56 Å². The number of hydrogen-bond acceptors (Lipinski definition) is 9. The summed E-state index contributed by atoms with van der Waals surface area (Å²) in [6, 6.07) is 18.0. The molecule has 0 unspecified atom stereocenters. The number of pyridine rings is 1. The summed E-state index contributed by atoms with van der Waals surface area (Å²) in [5, 5.41) is 0.611. The summed E-state index contributed by atoms with van der Waals surface area (Å²) >= 11 is 0. The quantitative estimate of drug-likeness (QED) is 0.144. The Bertz CT molecular complexity index is 1920. The fourth-order valence-corrected chi connectivity index (χ4v) is 5.33. The van der Waals surface area contributed by atoms with Crippen LogP contribution in [0.4, 0.5) is 4.39 Å². The number of aromatic nitrogens is 3. The molecule has 11 heteroatoms. The fraction of sp³-hybridized carbons (Fsp3) is 0.257. The molecule has 1 fully saturated rings. The molecule has 10 nitrogen and oxygen atoms in total. The maximum absolute atomic E-state index is 15.4. The van der Waals surface area contributed by atoms with E-state index in [4.69, 9.17) is 18.9 Å².